The Labute approximate surface area is 77.7 Å². The Morgan fingerprint density at radius 3 is 2.69 bits per heavy atom. The number of aryl methyl sites for hydroxylation is 1. The zero-order chi connectivity index (χ0) is 9.47. The Hall–Kier alpha value is -0.900. The molecule has 1 aromatic heterocycles. The Bertz CT molecular complexity index is 306. The molecule has 1 N–H and O–H groups in total. The summed E-state index contributed by atoms with van der Waals surface area (Å²) in [6.45, 7) is 7.20. The predicted molar refractivity (Wildman–Crippen MR) is 48.1 cm³/mol. The topological polar surface area (TPSA) is 51.0 Å². The molecule has 1 saturated carbocycles. The molecule has 4 nitrogen and oxygen atoms in total. The molecule has 13 heavy (non-hydrogen) atoms. The minimum atomic E-state index is 0.463. The summed E-state index contributed by atoms with van der Waals surface area (Å²) >= 11 is 0. The lowest BCUT2D eigenvalue weighted by Gasteiger charge is -2.03. The van der Waals surface area contributed by atoms with Gasteiger partial charge in [0.15, 0.2) is 0 Å². The second kappa shape index (κ2) is 2.80. The zero-order valence-electron chi connectivity index (χ0n) is 8.29. The Morgan fingerprint density at radius 2 is 2.23 bits per heavy atom. The third kappa shape index (κ3) is 1.72. The molecule has 1 heterocycles. The van der Waals surface area contributed by atoms with Gasteiger partial charge in [-0.1, -0.05) is 24.2 Å². The van der Waals surface area contributed by atoms with Crippen molar-refractivity contribution in [1.29, 1.82) is 0 Å². The van der Waals surface area contributed by atoms with Gasteiger partial charge in [-0.2, -0.15) is 0 Å². The van der Waals surface area contributed by atoms with Crippen LogP contribution in [-0.4, -0.2) is 16.4 Å². The monoisotopic (exact) mass is 181 g/mol. The molecule has 0 amide bonds. The van der Waals surface area contributed by atoms with Gasteiger partial charge in [-0.05, 0) is 18.8 Å². The first-order chi connectivity index (χ1) is 6.09. The molecule has 0 spiro atoms. The van der Waals surface area contributed by atoms with Gasteiger partial charge in [0.2, 0.25) is 0 Å². The number of nitrogens with zero attached hydrogens (tertiary/aromatic N) is 2. The van der Waals surface area contributed by atoms with E-state index in [2.05, 4.69) is 34.1 Å². The molecule has 1 atom stereocenters. The van der Waals surface area contributed by atoms with Gasteiger partial charge in [0, 0.05) is 12.6 Å². The van der Waals surface area contributed by atoms with Gasteiger partial charge in [-0.15, -0.1) is 0 Å². The molecule has 1 fully saturated rings. The number of nitrogens with one attached hydrogen (secondary N) is 1. The van der Waals surface area contributed by atoms with Crippen molar-refractivity contribution in [2.45, 2.75) is 39.8 Å². The average Bonchev–Trinajstić information content (AvgIpc) is 2.47. The molecule has 0 aromatic carbocycles. The highest BCUT2D eigenvalue weighted by Gasteiger charge is 2.45. The van der Waals surface area contributed by atoms with Crippen molar-refractivity contribution in [3.8, 4) is 0 Å². The number of rotatable bonds is 3. The summed E-state index contributed by atoms with van der Waals surface area (Å²) in [7, 11) is 0. The molecule has 1 unspecified atom stereocenters. The van der Waals surface area contributed by atoms with Gasteiger partial charge < -0.3 is 5.32 Å². The predicted octanol–water partition coefficient (Wildman–Crippen LogP) is 1.27. The van der Waals surface area contributed by atoms with Crippen molar-refractivity contribution < 1.29 is 4.63 Å². The summed E-state index contributed by atoms with van der Waals surface area (Å²) in [6.07, 6.45) is 1.25. The fraction of sp³-hybridized carbons (Fsp3) is 0.778. The standard InChI is InChI=1S/C9H15N3O/c1-6-7(12-13-11-6)5-10-8-4-9(8,2)3/h8,10H,4-5H2,1-3H3. The molecule has 1 aliphatic carbocycles. The van der Waals surface area contributed by atoms with Crippen LogP contribution in [0.15, 0.2) is 4.63 Å². The van der Waals surface area contributed by atoms with Crippen LogP contribution in [0.25, 0.3) is 0 Å². The molecule has 0 radical (unpaired) electrons. The molecule has 2 rings (SSSR count). The lowest BCUT2D eigenvalue weighted by Crippen LogP contribution is -2.20. The van der Waals surface area contributed by atoms with E-state index < -0.39 is 0 Å². The van der Waals surface area contributed by atoms with E-state index in [4.69, 9.17) is 0 Å². The van der Waals surface area contributed by atoms with Crippen LogP contribution in [0.4, 0.5) is 0 Å². The maximum Gasteiger partial charge on any atom is 0.121 e. The van der Waals surface area contributed by atoms with Gasteiger partial charge in [0.25, 0.3) is 0 Å². The zero-order valence-corrected chi connectivity index (χ0v) is 8.29. The molecule has 0 bridgehead atoms. The van der Waals surface area contributed by atoms with Crippen molar-refractivity contribution in [1.82, 2.24) is 15.6 Å². The van der Waals surface area contributed by atoms with Crippen LogP contribution in [0.5, 0.6) is 0 Å². The van der Waals surface area contributed by atoms with Crippen LogP contribution in [0.3, 0.4) is 0 Å². The third-order valence-corrected chi connectivity index (χ3v) is 2.78. The maximum atomic E-state index is 4.61. The van der Waals surface area contributed by atoms with E-state index in [1.54, 1.807) is 0 Å². The van der Waals surface area contributed by atoms with Gasteiger partial charge in [0.1, 0.15) is 11.4 Å². The maximum absolute atomic E-state index is 4.61. The fourth-order valence-corrected chi connectivity index (χ4v) is 1.45. The molecule has 4 heteroatoms. The smallest absolute Gasteiger partial charge is 0.121 e. The average molecular weight is 181 g/mol. The van der Waals surface area contributed by atoms with Gasteiger partial charge in [-0.3, -0.25) is 0 Å². The quantitative estimate of drug-likeness (QED) is 0.762. The first kappa shape index (κ1) is 8.69. The highest BCUT2D eigenvalue weighted by atomic mass is 16.6. The van der Waals surface area contributed by atoms with Crippen molar-refractivity contribution >= 4 is 0 Å². The summed E-state index contributed by atoms with van der Waals surface area (Å²) < 4.78 is 4.61. The van der Waals surface area contributed by atoms with E-state index in [0.29, 0.717) is 11.5 Å². The molecule has 72 valence electrons. The minimum Gasteiger partial charge on any atom is -0.308 e. The molecular formula is C9H15N3O. The molecule has 1 aromatic rings. The number of hydrogen-bond donors (Lipinski definition) is 1. The lowest BCUT2D eigenvalue weighted by molar-refractivity contribution is 0.300. The first-order valence-electron chi connectivity index (χ1n) is 4.61. The fourth-order valence-electron chi connectivity index (χ4n) is 1.45. The van der Waals surface area contributed by atoms with E-state index in [1.807, 2.05) is 6.92 Å². The van der Waals surface area contributed by atoms with Gasteiger partial charge in [-0.25, -0.2) is 4.63 Å². The number of hydrogen-bond acceptors (Lipinski definition) is 4. The Balaban J connectivity index is 1.85. The summed E-state index contributed by atoms with van der Waals surface area (Å²) in [5, 5.41) is 11.0. The summed E-state index contributed by atoms with van der Waals surface area (Å²) in [6, 6.07) is 0.628. The SMILES string of the molecule is Cc1nonc1CNC1CC1(C)C. The second-order valence-corrected chi connectivity index (χ2v) is 4.42. The summed E-state index contributed by atoms with van der Waals surface area (Å²) in [5.41, 5.74) is 2.26. The Kier molecular flexibility index (Phi) is 1.87. The van der Waals surface area contributed by atoms with Crippen molar-refractivity contribution in [3.05, 3.63) is 11.4 Å². The van der Waals surface area contributed by atoms with Crippen LogP contribution < -0.4 is 5.32 Å². The van der Waals surface area contributed by atoms with Crippen molar-refractivity contribution in [2.75, 3.05) is 0 Å². The van der Waals surface area contributed by atoms with Crippen molar-refractivity contribution in [2.24, 2.45) is 5.41 Å². The van der Waals surface area contributed by atoms with E-state index in [0.717, 1.165) is 17.9 Å². The highest BCUT2D eigenvalue weighted by molar-refractivity contribution is 5.07. The summed E-state index contributed by atoms with van der Waals surface area (Å²) in [4.78, 5) is 0. The largest absolute Gasteiger partial charge is 0.308 e. The molecule has 1 aliphatic rings. The van der Waals surface area contributed by atoms with Crippen LogP contribution >= 0.6 is 0 Å². The normalized spacial score (nSPS) is 24.7. The van der Waals surface area contributed by atoms with Crippen LogP contribution in [0, 0.1) is 12.3 Å². The first-order valence-corrected chi connectivity index (χ1v) is 4.61. The van der Waals surface area contributed by atoms with Gasteiger partial charge >= 0.3 is 0 Å². The highest BCUT2D eigenvalue weighted by Crippen LogP contribution is 2.44. The van der Waals surface area contributed by atoms with Crippen LogP contribution in [-0.2, 0) is 6.54 Å². The minimum absolute atomic E-state index is 0.463. The molecule has 0 aliphatic heterocycles. The molecule has 0 saturated heterocycles. The van der Waals surface area contributed by atoms with E-state index >= 15 is 0 Å². The van der Waals surface area contributed by atoms with E-state index in [-0.39, 0.29) is 0 Å². The van der Waals surface area contributed by atoms with Gasteiger partial charge in [0.05, 0.1) is 0 Å². The summed E-state index contributed by atoms with van der Waals surface area (Å²) in [5.74, 6) is 0. The number of aromatic nitrogens is 2. The van der Waals surface area contributed by atoms with Crippen molar-refractivity contribution in [3.63, 3.8) is 0 Å². The second-order valence-electron chi connectivity index (χ2n) is 4.42. The van der Waals surface area contributed by atoms with Crippen LogP contribution in [0.2, 0.25) is 0 Å². The van der Waals surface area contributed by atoms with E-state index in [9.17, 15) is 0 Å². The van der Waals surface area contributed by atoms with E-state index in [1.165, 1.54) is 6.42 Å². The third-order valence-electron chi connectivity index (χ3n) is 2.78. The molecular weight excluding hydrogens is 166 g/mol. The lowest BCUT2D eigenvalue weighted by atomic mass is 10.2. The Morgan fingerprint density at radius 1 is 1.54 bits per heavy atom. The van der Waals surface area contributed by atoms with Crippen LogP contribution in [0.1, 0.15) is 31.7 Å².